The number of alkyl halides is 1. The minimum Gasteiger partial charge on any atom is -0.396 e. The van der Waals surface area contributed by atoms with Gasteiger partial charge in [-0.2, -0.15) is 0 Å². The van der Waals surface area contributed by atoms with Crippen LogP contribution in [-0.4, -0.2) is 16.0 Å². The molecule has 0 aliphatic carbocycles. The Bertz CT molecular complexity index is 436. The van der Waals surface area contributed by atoms with Gasteiger partial charge in [-0.1, -0.05) is 15.9 Å². The lowest BCUT2D eigenvalue weighted by molar-refractivity contribution is -0.385. The van der Waals surface area contributed by atoms with Crippen LogP contribution >= 0.6 is 15.9 Å². The highest BCUT2D eigenvalue weighted by Gasteiger charge is 2.24. The average molecular weight is 277 g/mol. The number of hydrogen-bond donors (Lipinski definition) is 1. The van der Waals surface area contributed by atoms with Gasteiger partial charge >= 0.3 is 0 Å². The van der Waals surface area contributed by atoms with Crippen LogP contribution < -0.4 is 5.73 Å². The maximum Gasteiger partial charge on any atom is 0.282 e. The van der Waals surface area contributed by atoms with E-state index in [1.807, 2.05) is 0 Å². The van der Waals surface area contributed by atoms with Crippen LogP contribution in [-0.2, 0) is 0 Å². The molecule has 0 radical (unpaired) electrons. The normalized spacial score (nSPS) is 10.0. The third-order valence-electron chi connectivity index (χ3n) is 1.77. The summed E-state index contributed by atoms with van der Waals surface area (Å²) in [6.07, 6.45) is 0. The molecule has 0 atom stereocenters. The molecule has 1 rings (SSSR count). The highest BCUT2D eigenvalue weighted by Crippen LogP contribution is 2.27. The lowest BCUT2D eigenvalue weighted by Crippen LogP contribution is -2.10. The second-order valence-electron chi connectivity index (χ2n) is 2.67. The van der Waals surface area contributed by atoms with Crippen molar-refractivity contribution >= 4 is 33.1 Å². The van der Waals surface area contributed by atoms with Gasteiger partial charge in [-0.05, 0) is 6.07 Å². The summed E-state index contributed by atoms with van der Waals surface area (Å²) in [5, 5.41) is 10.4. The Labute approximate surface area is 92.3 Å². The zero-order chi connectivity index (χ0) is 11.6. The Kier molecular flexibility index (Phi) is 3.35. The number of nitrogens with zero attached hydrogens (tertiary/aromatic N) is 1. The number of Topliss-reactive ketones (excluding diaryl/α,β-unsaturated/α-hetero) is 1. The molecule has 0 saturated carbocycles. The molecule has 7 heteroatoms. The van der Waals surface area contributed by atoms with Gasteiger partial charge in [0.15, 0.2) is 5.78 Å². The summed E-state index contributed by atoms with van der Waals surface area (Å²) in [5.74, 6) is -1.47. The predicted molar refractivity (Wildman–Crippen MR) is 55.6 cm³/mol. The first-order chi connectivity index (χ1) is 6.99. The SMILES string of the molecule is Nc1c(F)ccc([N+](=O)[O-])c1C(=O)CBr. The Morgan fingerprint density at radius 3 is 2.67 bits per heavy atom. The van der Waals surface area contributed by atoms with Crippen LogP contribution in [0.2, 0.25) is 0 Å². The molecule has 1 aromatic rings. The number of nitrogens with two attached hydrogens (primary N) is 1. The van der Waals surface area contributed by atoms with Crippen LogP contribution in [0.4, 0.5) is 15.8 Å². The lowest BCUT2D eigenvalue weighted by atomic mass is 10.1. The number of carbonyl (C=O) groups excluding carboxylic acids is 1. The molecule has 15 heavy (non-hydrogen) atoms. The van der Waals surface area contributed by atoms with Gasteiger partial charge in [-0.15, -0.1) is 0 Å². The molecule has 0 fully saturated rings. The second kappa shape index (κ2) is 4.35. The van der Waals surface area contributed by atoms with Gasteiger partial charge in [-0.25, -0.2) is 4.39 Å². The average Bonchev–Trinajstić information content (AvgIpc) is 2.20. The van der Waals surface area contributed by atoms with Crippen LogP contribution in [0.3, 0.4) is 0 Å². The second-order valence-corrected chi connectivity index (χ2v) is 3.23. The van der Waals surface area contributed by atoms with Crippen molar-refractivity contribution in [3.05, 3.63) is 33.6 Å². The number of carbonyl (C=O) groups is 1. The molecule has 1 aromatic carbocycles. The topological polar surface area (TPSA) is 86.2 Å². The number of rotatable bonds is 3. The first-order valence-electron chi connectivity index (χ1n) is 3.80. The molecule has 0 saturated heterocycles. The van der Waals surface area contributed by atoms with Crippen molar-refractivity contribution in [1.29, 1.82) is 0 Å². The van der Waals surface area contributed by atoms with E-state index in [9.17, 15) is 19.3 Å². The maximum absolute atomic E-state index is 13.0. The molecule has 0 heterocycles. The molecule has 0 amide bonds. The van der Waals surface area contributed by atoms with Gasteiger partial charge in [0.25, 0.3) is 5.69 Å². The van der Waals surface area contributed by atoms with Crippen molar-refractivity contribution in [2.45, 2.75) is 0 Å². The van der Waals surface area contributed by atoms with Crippen LogP contribution in [0.1, 0.15) is 10.4 Å². The number of benzene rings is 1. The van der Waals surface area contributed by atoms with E-state index in [4.69, 9.17) is 5.73 Å². The summed E-state index contributed by atoms with van der Waals surface area (Å²) in [5.41, 5.74) is 3.91. The van der Waals surface area contributed by atoms with Gasteiger partial charge < -0.3 is 5.73 Å². The van der Waals surface area contributed by atoms with Gasteiger partial charge in [0.2, 0.25) is 0 Å². The van der Waals surface area contributed by atoms with Gasteiger partial charge in [-0.3, -0.25) is 14.9 Å². The molecule has 0 unspecified atom stereocenters. The maximum atomic E-state index is 13.0. The fraction of sp³-hybridized carbons (Fsp3) is 0.125. The monoisotopic (exact) mass is 276 g/mol. The number of nitrogen functional groups attached to an aromatic ring is 1. The van der Waals surface area contributed by atoms with Crippen LogP contribution in [0.5, 0.6) is 0 Å². The predicted octanol–water partition coefficient (Wildman–Crippen LogP) is 1.89. The summed E-state index contributed by atoms with van der Waals surface area (Å²) in [6, 6.07) is 1.78. The van der Waals surface area contributed by atoms with E-state index in [1.54, 1.807) is 0 Å². The standard InChI is InChI=1S/C8H6BrFN2O3/c9-3-6(13)7-5(12(14)15)2-1-4(10)8(7)11/h1-2H,3,11H2. The molecule has 0 aromatic heterocycles. The number of halogens is 2. The summed E-state index contributed by atoms with van der Waals surface area (Å²) in [7, 11) is 0. The van der Waals surface area contributed by atoms with E-state index < -0.39 is 33.5 Å². The van der Waals surface area contributed by atoms with Crippen molar-refractivity contribution in [3.63, 3.8) is 0 Å². The molecule has 0 aliphatic heterocycles. The summed E-state index contributed by atoms with van der Waals surface area (Å²) in [6.45, 7) is 0. The van der Waals surface area contributed by atoms with Gasteiger partial charge in [0.1, 0.15) is 11.4 Å². The van der Waals surface area contributed by atoms with Crippen molar-refractivity contribution < 1.29 is 14.1 Å². The number of anilines is 1. The third-order valence-corrected chi connectivity index (χ3v) is 2.28. The van der Waals surface area contributed by atoms with E-state index in [-0.39, 0.29) is 5.33 Å². The van der Waals surface area contributed by atoms with Crippen molar-refractivity contribution in [3.8, 4) is 0 Å². The fourth-order valence-corrected chi connectivity index (χ4v) is 1.37. The molecule has 0 bridgehead atoms. The molecule has 2 N–H and O–H groups in total. The van der Waals surface area contributed by atoms with Crippen molar-refractivity contribution in [1.82, 2.24) is 0 Å². The van der Waals surface area contributed by atoms with Crippen LogP contribution in [0.15, 0.2) is 12.1 Å². The minimum atomic E-state index is -0.843. The lowest BCUT2D eigenvalue weighted by Gasteiger charge is -2.04. The zero-order valence-electron chi connectivity index (χ0n) is 7.37. The van der Waals surface area contributed by atoms with Gasteiger partial charge in [0.05, 0.1) is 15.9 Å². The van der Waals surface area contributed by atoms with Crippen molar-refractivity contribution in [2.24, 2.45) is 0 Å². The number of hydrogen-bond acceptors (Lipinski definition) is 4. The molecular weight excluding hydrogens is 271 g/mol. The van der Waals surface area contributed by atoms with Crippen LogP contribution in [0, 0.1) is 15.9 Å². The summed E-state index contributed by atoms with van der Waals surface area (Å²) < 4.78 is 13.0. The smallest absolute Gasteiger partial charge is 0.282 e. The Morgan fingerprint density at radius 2 is 2.20 bits per heavy atom. The third kappa shape index (κ3) is 2.12. The highest BCUT2D eigenvalue weighted by molar-refractivity contribution is 9.09. The molecule has 5 nitrogen and oxygen atoms in total. The minimum absolute atomic E-state index is 0.151. The van der Waals surface area contributed by atoms with E-state index in [0.717, 1.165) is 12.1 Å². The van der Waals surface area contributed by atoms with E-state index in [1.165, 1.54) is 0 Å². The quantitative estimate of drug-likeness (QED) is 0.300. The van der Waals surface area contributed by atoms with E-state index in [2.05, 4.69) is 15.9 Å². The molecule has 80 valence electrons. The largest absolute Gasteiger partial charge is 0.396 e. The van der Waals surface area contributed by atoms with Gasteiger partial charge in [0, 0.05) is 6.07 Å². The molecular formula is C8H6BrFN2O3. The number of nitro groups is 1. The first-order valence-corrected chi connectivity index (χ1v) is 4.92. The van der Waals surface area contributed by atoms with E-state index in [0.29, 0.717) is 0 Å². The summed E-state index contributed by atoms with van der Waals surface area (Å²) in [4.78, 5) is 21.1. The fourth-order valence-electron chi connectivity index (χ4n) is 1.09. The van der Waals surface area contributed by atoms with E-state index >= 15 is 0 Å². The Balaban J connectivity index is 3.48. The summed E-state index contributed by atoms with van der Waals surface area (Å²) >= 11 is 2.84. The number of nitro benzene ring substituents is 1. The molecule has 0 spiro atoms. The van der Waals surface area contributed by atoms with Crippen molar-refractivity contribution in [2.75, 3.05) is 11.1 Å². The number of ketones is 1. The molecule has 0 aliphatic rings. The Morgan fingerprint density at radius 1 is 1.60 bits per heavy atom. The Hall–Kier alpha value is -1.50. The zero-order valence-corrected chi connectivity index (χ0v) is 8.95. The first kappa shape index (κ1) is 11.6. The van der Waals surface area contributed by atoms with Crippen LogP contribution in [0.25, 0.3) is 0 Å². The highest BCUT2D eigenvalue weighted by atomic mass is 79.9.